The van der Waals surface area contributed by atoms with E-state index >= 15 is 0 Å². The van der Waals surface area contributed by atoms with E-state index in [1.807, 2.05) is 54.6 Å². The van der Waals surface area contributed by atoms with Crippen molar-refractivity contribution in [2.45, 2.75) is 18.9 Å². The lowest BCUT2D eigenvalue weighted by Gasteiger charge is -2.09. The molecule has 0 amide bonds. The van der Waals surface area contributed by atoms with Crippen molar-refractivity contribution in [3.8, 4) is 17.1 Å². The van der Waals surface area contributed by atoms with Gasteiger partial charge in [0.15, 0.2) is 0 Å². The van der Waals surface area contributed by atoms with Crippen LogP contribution in [0.4, 0.5) is 0 Å². The Balaban J connectivity index is 1.55. The summed E-state index contributed by atoms with van der Waals surface area (Å²) in [6.45, 7) is 2.40. The minimum atomic E-state index is 0.309. The number of ether oxygens (including phenoxy) is 1. The highest BCUT2D eigenvalue weighted by Crippen LogP contribution is 2.30. The van der Waals surface area contributed by atoms with Crippen LogP contribution in [0.25, 0.3) is 11.4 Å². The number of nitrogens with one attached hydrogen (secondary N) is 1. The molecule has 0 unspecified atom stereocenters. The van der Waals surface area contributed by atoms with Gasteiger partial charge >= 0.3 is 0 Å². The molecule has 0 saturated carbocycles. The van der Waals surface area contributed by atoms with Gasteiger partial charge in [-0.3, -0.25) is 0 Å². The molecule has 24 heavy (non-hydrogen) atoms. The van der Waals surface area contributed by atoms with Gasteiger partial charge in [-0.25, -0.2) is 0 Å². The summed E-state index contributed by atoms with van der Waals surface area (Å²) in [5, 5.41) is 7.47. The van der Waals surface area contributed by atoms with Crippen molar-refractivity contribution in [2.24, 2.45) is 0 Å². The van der Waals surface area contributed by atoms with Gasteiger partial charge < -0.3 is 14.6 Å². The van der Waals surface area contributed by atoms with Crippen LogP contribution in [-0.2, 0) is 6.61 Å². The summed E-state index contributed by atoms with van der Waals surface area (Å²) in [4.78, 5) is 4.58. The molecule has 4 rings (SSSR count). The minimum absolute atomic E-state index is 0.309. The highest BCUT2D eigenvalue weighted by Gasteiger charge is 2.23. The number of benzene rings is 2. The highest BCUT2D eigenvalue weighted by molar-refractivity contribution is 5.63. The standard InChI is InChI=1S/C19H19N3O2/c1-2-6-14(7-3-1)13-23-17-9-5-4-8-16(17)18-21-19(24-22-18)15-10-11-20-12-15/h1-9,15,20H,10-13H2/t15-/m1/s1. The van der Waals surface area contributed by atoms with E-state index < -0.39 is 0 Å². The smallest absolute Gasteiger partial charge is 0.231 e. The molecule has 1 N–H and O–H groups in total. The van der Waals surface area contributed by atoms with Crippen LogP contribution in [0.3, 0.4) is 0 Å². The third-order valence-corrected chi connectivity index (χ3v) is 4.22. The Labute approximate surface area is 140 Å². The molecule has 2 aromatic carbocycles. The molecule has 0 spiro atoms. The van der Waals surface area contributed by atoms with E-state index in [0.29, 0.717) is 24.2 Å². The lowest BCUT2D eigenvalue weighted by molar-refractivity contribution is 0.307. The van der Waals surface area contributed by atoms with Crippen LogP contribution < -0.4 is 10.1 Å². The summed E-state index contributed by atoms with van der Waals surface area (Å²) in [6, 6.07) is 17.9. The molecule has 1 saturated heterocycles. The van der Waals surface area contributed by atoms with Crippen LogP contribution in [0.1, 0.15) is 23.8 Å². The van der Waals surface area contributed by atoms with Gasteiger partial charge in [-0.2, -0.15) is 4.98 Å². The largest absolute Gasteiger partial charge is 0.488 e. The summed E-state index contributed by atoms with van der Waals surface area (Å²) in [6.07, 6.45) is 1.04. The Bertz CT molecular complexity index is 795. The van der Waals surface area contributed by atoms with Crippen LogP contribution >= 0.6 is 0 Å². The van der Waals surface area contributed by atoms with Gasteiger partial charge in [0.1, 0.15) is 12.4 Å². The first-order valence-corrected chi connectivity index (χ1v) is 8.20. The van der Waals surface area contributed by atoms with Crippen molar-refractivity contribution in [1.29, 1.82) is 0 Å². The molecule has 0 aliphatic carbocycles. The highest BCUT2D eigenvalue weighted by atomic mass is 16.5. The molecule has 5 nitrogen and oxygen atoms in total. The molecule has 2 heterocycles. The zero-order valence-electron chi connectivity index (χ0n) is 13.3. The summed E-state index contributed by atoms with van der Waals surface area (Å²) in [5.41, 5.74) is 1.98. The number of para-hydroxylation sites is 1. The Kier molecular flexibility index (Phi) is 4.25. The van der Waals surface area contributed by atoms with Crippen LogP contribution in [0.2, 0.25) is 0 Å². The Hall–Kier alpha value is -2.66. The van der Waals surface area contributed by atoms with Crippen molar-refractivity contribution < 1.29 is 9.26 Å². The fourth-order valence-electron chi connectivity index (χ4n) is 2.89. The Morgan fingerprint density at radius 3 is 2.75 bits per heavy atom. The molecule has 122 valence electrons. The quantitative estimate of drug-likeness (QED) is 0.780. The number of nitrogens with zero attached hydrogens (tertiary/aromatic N) is 2. The van der Waals surface area contributed by atoms with Crippen LogP contribution in [-0.4, -0.2) is 23.2 Å². The van der Waals surface area contributed by atoms with Gasteiger partial charge in [0.05, 0.1) is 11.5 Å². The van der Waals surface area contributed by atoms with E-state index in [4.69, 9.17) is 9.26 Å². The van der Waals surface area contributed by atoms with Gasteiger partial charge in [-0.15, -0.1) is 0 Å². The lowest BCUT2D eigenvalue weighted by Crippen LogP contribution is -2.08. The van der Waals surface area contributed by atoms with Crippen LogP contribution in [0, 0.1) is 0 Å². The van der Waals surface area contributed by atoms with Gasteiger partial charge in [-0.05, 0) is 30.7 Å². The summed E-state index contributed by atoms with van der Waals surface area (Å²) >= 11 is 0. The number of aromatic nitrogens is 2. The maximum absolute atomic E-state index is 5.98. The summed E-state index contributed by atoms with van der Waals surface area (Å²) in [5.74, 6) is 2.36. The first-order valence-electron chi connectivity index (χ1n) is 8.20. The van der Waals surface area contributed by atoms with Crippen molar-refractivity contribution in [2.75, 3.05) is 13.1 Å². The summed E-state index contributed by atoms with van der Waals surface area (Å²) in [7, 11) is 0. The Morgan fingerprint density at radius 1 is 1.08 bits per heavy atom. The van der Waals surface area contributed by atoms with E-state index in [9.17, 15) is 0 Å². The molecule has 1 fully saturated rings. The number of hydrogen-bond donors (Lipinski definition) is 1. The third kappa shape index (κ3) is 3.16. The zero-order valence-corrected chi connectivity index (χ0v) is 13.3. The van der Waals surface area contributed by atoms with Crippen LogP contribution in [0.15, 0.2) is 59.1 Å². The average Bonchev–Trinajstić information content (AvgIpc) is 3.32. The van der Waals surface area contributed by atoms with Gasteiger partial charge in [0.2, 0.25) is 11.7 Å². The lowest BCUT2D eigenvalue weighted by atomic mass is 10.1. The zero-order chi connectivity index (χ0) is 16.2. The molecule has 1 atom stereocenters. The summed E-state index contributed by atoms with van der Waals surface area (Å²) < 4.78 is 11.4. The second kappa shape index (κ2) is 6.84. The first kappa shape index (κ1) is 14.9. The predicted molar refractivity (Wildman–Crippen MR) is 90.7 cm³/mol. The second-order valence-electron chi connectivity index (χ2n) is 5.92. The molecule has 0 bridgehead atoms. The third-order valence-electron chi connectivity index (χ3n) is 4.22. The maximum Gasteiger partial charge on any atom is 0.231 e. The molecule has 1 aliphatic heterocycles. The van der Waals surface area contributed by atoms with Gasteiger partial charge in [0.25, 0.3) is 0 Å². The molecular formula is C19H19N3O2. The molecule has 1 aliphatic rings. The van der Waals surface area contributed by atoms with Crippen molar-refractivity contribution in [3.63, 3.8) is 0 Å². The molecule has 3 aromatic rings. The first-order chi connectivity index (χ1) is 11.9. The van der Waals surface area contributed by atoms with Crippen molar-refractivity contribution in [3.05, 3.63) is 66.1 Å². The Morgan fingerprint density at radius 2 is 1.92 bits per heavy atom. The normalized spacial score (nSPS) is 17.1. The molecule has 0 radical (unpaired) electrons. The van der Waals surface area contributed by atoms with Crippen LogP contribution in [0.5, 0.6) is 5.75 Å². The van der Waals surface area contributed by atoms with E-state index in [-0.39, 0.29) is 0 Å². The second-order valence-corrected chi connectivity index (χ2v) is 5.92. The monoisotopic (exact) mass is 321 g/mol. The van der Waals surface area contributed by atoms with E-state index in [1.54, 1.807) is 0 Å². The number of rotatable bonds is 5. The topological polar surface area (TPSA) is 60.2 Å². The van der Waals surface area contributed by atoms with Gasteiger partial charge in [0, 0.05) is 6.54 Å². The molecule has 1 aromatic heterocycles. The van der Waals surface area contributed by atoms with E-state index in [1.165, 1.54) is 0 Å². The van der Waals surface area contributed by atoms with E-state index in [0.717, 1.165) is 36.4 Å². The molecule has 5 heteroatoms. The van der Waals surface area contributed by atoms with Crippen molar-refractivity contribution in [1.82, 2.24) is 15.5 Å². The fraction of sp³-hybridized carbons (Fsp3) is 0.263. The average molecular weight is 321 g/mol. The van der Waals surface area contributed by atoms with Crippen molar-refractivity contribution >= 4 is 0 Å². The van der Waals surface area contributed by atoms with Gasteiger partial charge in [-0.1, -0.05) is 47.6 Å². The minimum Gasteiger partial charge on any atom is -0.488 e. The predicted octanol–water partition coefficient (Wildman–Crippen LogP) is 3.39. The molecular weight excluding hydrogens is 302 g/mol. The number of hydrogen-bond acceptors (Lipinski definition) is 5. The maximum atomic E-state index is 5.98. The fourth-order valence-corrected chi connectivity index (χ4v) is 2.89. The van der Waals surface area contributed by atoms with E-state index in [2.05, 4.69) is 15.5 Å². The SMILES string of the molecule is c1ccc(COc2ccccc2-c2noc([C@@H]3CCNC3)n2)cc1.